The molecule has 1 N–H and O–H groups in total. The number of hydrogen-bond donors (Lipinski definition) is 1. The highest BCUT2D eigenvalue weighted by atomic mass is 16.6. The lowest BCUT2D eigenvalue weighted by atomic mass is 9.97. The van der Waals surface area contributed by atoms with Gasteiger partial charge < -0.3 is 14.7 Å². The highest BCUT2D eigenvalue weighted by molar-refractivity contribution is 5.67. The second-order valence-corrected chi connectivity index (χ2v) is 4.96. The Kier molecular flexibility index (Phi) is 5.21. The van der Waals surface area contributed by atoms with Gasteiger partial charge in [-0.2, -0.15) is 0 Å². The van der Waals surface area contributed by atoms with Crippen molar-refractivity contribution in [1.29, 1.82) is 0 Å². The van der Waals surface area contributed by atoms with E-state index in [4.69, 9.17) is 9.84 Å². The third-order valence-electron chi connectivity index (χ3n) is 3.39. The summed E-state index contributed by atoms with van der Waals surface area (Å²) in [5.74, 6) is 0. The Labute approximate surface area is 103 Å². The zero-order valence-corrected chi connectivity index (χ0v) is 11.1. The maximum atomic E-state index is 11.5. The van der Waals surface area contributed by atoms with Crippen molar-refractivity contribution in [2.24, 2.45) is 0 Å². The van der Waals surface area contributed by atoms with Crippen molar-refractivity contribution < 1.29 is 14.6 Å². The summed E-state index contributed by atoms with van der Waals surface area (Å²) in [7, 11) is 0. The van der Waals surface area contributed by atoms with E-state index in [0.717, 1.165) is 19.5 Å². The Bertz CT molecular complexity index is 248. The molecule has 100 valence electrons. The summed E-state index contributed by atoms with van der Waals surface area (Å²) < 4.78 is 4.98. The van der Waals surface area contributed by atoms with Crippen LogP contribution in [-0.2, 0) is 4.74 Å². The predicted molar refractivity (Wildman–Crippen MR) is 65.9 cm³/mol. The summed E-state index contributed by atoms with van der Waals surface area (Å²) in [6, 6.07) is 0. The largest absolute Gasteiger partial charge is 0.450 e. The number of hydrogen-bond acceptors (Lipinski definition) is 4. The molecule has 5 heteroatoms. The SMILES string of the molecule is CCOC(=O)N1CCN(C(C)(C)CCO)CC1. The standard InChI is InChI=1S/C12H24N2O3/c1-4-17-11(16)13-6-8-14(9-7-13)12(2,3)5-10-15/h15H,4-10H2,1-3H3. The van der Waals surface area contributed by atoms with Crippen molar-refractivity contribution in [1.82, 2.24) is 9.80 Å². The van der Waals surface area contributed by atoms with Gasteiger partial charge in [-0.1, -0.05) is 0 Å². The molecular formula is C12H24N2O3. The monoisotopic (exact) mass is 244 g/mol. The third-order valence-corrected chi connectivity index (χ3v) is 3.39. The van der Waals surface area contributed by atoms with Gasteiger partial charge in [0.1, 0.15) is 0 Å². The van der Waals surface area contributed by atoms with Gasteiger partial charge in [-0.3, -0.25) is 4.90 Å². The first-order valence-electron chi connectivity index (χ1n) is 6.29. The molecule has 1 heterocycles. The summed E-state index contributed by atoms with van der Waals surface area (Å²) in [4.78, 5) is 15.6. The molecule has 1 aliphatic rings. The number of aliphatic hydroxyl groups is 1. The van der Waals surface area contributed by atoms with Crippen LogP contribution in [0.5, 0.6) is 0 Å². The summed E-state index contributed by atoms with van der Waals surface area (Å²) in [6.07, 6.45) is 0.541. The molecule has 17 heavy (non-hydrogen) atoms. The second-order valence-electron chi connectivity index (χ2n) is 4.96. The molecule has 1 saturated heterocycles. The summed E-state index contributed by atoms with van der Waals surface area (Å²) in [5.41, 5.74) is -0.00446. The molecule has 0 spiro atoms. The van der Waals surface area contributed by atoms with Crippen molar-refractivity contribution in [3.8, 4) is 0 Å². The molecule has 0 saturated carbocycles. The number of aliphatic hydroxyl groups excluding tert-OH is 1. The van der Waals surface area contributed by atoms with Crippen molar-refractivity contribution in [3.05, 3.63) is 0 Å². The van der Waals surface area contributed by atoms with Gasteiger partial charge in [0.25, 0.3) is 0 Å². The molecule has 1 fully saturated rings. The highest BCUT2D eigenvalue weighted by Gasteiger charge is 2.30. The Morgan fingerprint density at radius 2 is 1.88 bits per heavy atom. The minimum atomic E-state index is -0.216. The van der Waals surface area contributed by atoms with E-state index in [2.05, 4.69) is 18.7 Å². The fourth-order valence-electron chi connectivity index (χ4n) is 2.14. The number of carbonyl (C=O) groups is 1. The molecule has 0 radical (unpaired) electrons. The van der Waals surface area contributed by atoms with Gasteiger partial charge in [0.05, 0.1) is 6.61 Å². The van der Waals surface area contributed by atoms with Gasteiger partial charge in [-0.15, -0.1) is 0 Å². The Morgan fingerprint density at radius 1 is 1.29 bits per heavy atom. The third kappa shape index (κ3) is 3.85. The van der Waals surface area contributed by atoms with Gasteiger partial charge in [0, 0.05) is 38.3 Å². The molecule has 0 unspecified atom stereocenters. The lowest BCUT2D eigenvalue weighted by Gasteiger charge is -2.43. The Balaban J connectivity index is 2.42. The van der Waals surface area contributed by atoms with Crippen LogP contribution in [-0.4, -0.2) is 65.9 Å². The average molecular weight is 244 g/mol. The fourth-order valence-corrected chi connectivity index (χ4v) is 2.14. The molecule has 1 rings (SSSR count). The molecule has 0 aromatic carbocycles. The van der Waals surface area contributed by atoms with Crippen LogP contribution in [0.4, 0.5) is 4.79 Å². The molecule has 0 aromatic rings. The molecule has 0 aliphatic carbocycles. The molecule has 1 amide bonds. The second kappa shape index (κ2) is 6.21. The van der Waals surface area contributed by atoms with Gasteiger partial charge in [-0.05, 0) is 27.2 Å². The maximum absolute atomic E-state index is 11.5. The lowest BCUT2D eigenvalue weighted by molar-refractivity contribution is 0.0303. The molecular weight excluding hydrogens is 220 g/mol. The topological polar surface area (TPSA) is 53.0 Å². The first kappa shape index (κ1) is 14.3. The zero-order valence-electron chi connectivity index (χ0n) is 11.1. The van der Waals surface area contributed by atoms with E-state index < -0.39 is 0 Å². The smallest absolute Gasteiger partial charge is 0.409 e. The van der Waals surface area contributed by atoms with Crippen molar-refractivity contribution in [2.45, 2.75) is 32.7 Å². The molecule has 0 atom stereocenters. The van der Waals surface area contributed by atoms with E-state index in [1.807, 2.05) is 6.92 Å². The van der Waals surface area contributed by atoms with Crippen LogP contribution in [0.2, 0.25) is 0 Å². The van der Waals surface area contributed by atoms with Crippen LogP contribution in [0.1, 0.15) is 27.2 Å². The van der Waals surface area contributed by atoms with Crippen LogP contribution in [0, 0.1) is 0 Å². The summed E-state index contributed by atoms with van der Waals surface area (Å²) in [6.45, 7) is 9.78. The number of carbonyl (C=O) groups excluding carboxylic acids is 1. The van der Waals surface area contributed by atoms with Crippen molar-refractivity contribution >= 4 is 6.09 Å². The van der Waals surface area contributed by atoms with Crippen LogP contribution >= 0.6 is 0 Å². The van der Waals surface area contributed by atoms with Crippen molar-refractivity contribution in [2.75, 3.05) is 39.4 Å². The average Bonchev–Trinajstić information content (AvgIpc) is 2.29. The van der Waals surface area contributed by atoms with Crippen LogP contribution in [0.3, 0.4) is 0 Å². The molecule has 1 aliphatic heterocycles. The quantitative estimate of drug-likeness (QED) is 0.799. The van der Waals surface area contributed by atoms with Crippen LogP contribution in [0.15, 0.2) is 0 Å². The summed E-state index contributed by atoms with van der Waals surface area (Å²) >= 11 is 0. The number of amides is 1. The minimum absolute atomic E-state index is 0.00446. The Hall–Kier alpha value is -0.810. The molecule has 5 nitrogen and oxygen atoms in total. The lowest BCUT2D eigenvalue weighted by Crippen LogP contribution is -2.56. The number of nitrogens with zero attached hydrogens (tertiary/aromatic N) is 2. The van der Waals surface area contributed by atoms with Crippen LogP contribution < -0.4 is 0 Å². The van der Waals surface area contributed by atoms with E-state index in [1.165, 1.54) is 0 Å². The van der Waals surface area contributed by atoms with Gasteiger partial charge in [-0.25, -0.2) is 4.79 Å². The van der Waals surface area contributed by atoms with Gasteiger partial charge in [0.15, 0.2) is 0 Å². The number of ether oxygens (including phenoxy) is 1. The minimum Gasteiger partial charge on any atom is -0.450 e. The van der Waals surface area contributed by atoms with Gasteiger partial charge >= 0.3 is 6.09 Å². The predicted octanol–water partition coefficient (Wildman–Crippen LogP) is 0.921. The first-order chi connectivity index (χ1) is 8.01. The Morgan fingerprint density at radius 3 is 2.35 bits per heavy atom. The summed E-state index contributed by atoms with van der Waals surface area (Å²) in [5, 5.41) is 9.03. The van der Waals surface area contributed by atoms with E-state index in [0.29, 0.717) is 19.7 Å². The van der Waals surface area contributed by atoms with E-state index >= 15 is 0 Å². The zero-order chi connectivity index (χ0) is 12.9. The normalized spacial score (nSPS) is 18.2. The maximum Gasteiger partial charge on any atom is 0.409 e. The fraction of sp³-hybridized carbons (Fsp3) is 0.917. The molecule has 0 aromatic heterocycles. The first-order valence-corrected chi connectivity index (χ1v) is 6.29. The van der Waals surface area contributed by atoms with E-state index in [1.54, 1.807) is 4.90 Å². The van der Waals surface area contributed by atoms with Crippen LogP contribution in [0.25, 0.3) is 0 Å². The van der Waals surface area contributed by atoms with E-state index in [9.17, 15) is 4.79 Å². The van der Waals surface area contributed by atoms with Gasteiger partial charge in [0.2, 0.25) is 0 Å². The number of rotatable bonds is 4. The van der Waals surface area contributed by atoms with E-state index in [-0.39, 0.29) is 18.2 Å². The number of piperazine rings is 1. The highest BCUT2D eigenvalue weighted by Crippen LogP contribution is 2.20. The molecule has 0 bridgehead atoms. The van der Waals surface area contributed by atoms with Crippen molar-refractivity contribution in [3.63, 3.8) is 0 Å².